The fourth-order valence-corrected chi connectivity index (χ4v) is 5.02. The second kappa shape index (κ2) is 20.7. The van der Waals surface area contributed by atoms with E-state index in [1.54, 1.807) is 12.1 Å². The number of esters is 1. The van der Waals surface area contributed by atoms with Crippen molar-refractivity contribution < 1.29 is 33.2 Å². The van der Waals surface area contributed by atoms with Crippen molar-refractivity contribution in [1.29, 1.82) is 0 Å². The summed E-state index contributed by atoms with van der Waals surface area (Å²) in [6, 6.07) is 5.31. The van der Waals surface area contributed by atoms with Gasteiger partial charge in [-0.3, -0.25) is 4.79 Å². The van der Waals surface area contributed by atoms with Gasteiger partial charge in [0, 0.05) is 44.0 Å². The third-order valence-electron chi connectivity index (χ3n) is 7.33. The zero-order valence-corrected chi connectivity index (χ0v) is 26.6. The number of nitrogens with zero attached hydrogens (tertiary/aromatic N) is 3. The van der Waals surface area contributed by atoms with Gasteiger partial charge in [-0.25, -0.2) is 0 Å². The van der Waals surface area contributed by atoms with Gasteiger partial charge in [0.15, 0.2) is 6.10 Å². The van der Waals surface area contributed by atoms with Crippen LogP contribution >= 0.6 is 0 Å². The molecule has 0 saturated carbocycles. The van der Waals surface area contributed by atoms with Crippen LogP contribution in [0.4, 0.5) is 5.69 Å². The van der Waals surface area contributed by atoms with E-state index >= 15 is 0 Å². The standard InChI is InChI=1S/C32H53N3O7/c1-7-11-17-37-22-27-29(38-18-12-8-2)30(39-19-13-9-3)31(40-20-14-10-4)32(42-27)28(41-24(6)36)26-16-15-25(34-35-33)21-23(26)5/h15-16,21,27-32H,7-14,17-20,22H2,1-6H3/t27?,28-,29-,30+,31?,32-/m1/s1. The minimum absolute atomic E-state index is 0.324. The van der Waals surface area contributed by atoms with Crippen molar-refractivity contribution in [1.82, 2.24) is 0 Å². The van der Waals surface area contributed by atoms with E-state index in [0.717, 1.165) is 62.5 Å². The van der Waals surface area contributed by atoms with Crippen LogP contribution in [0.25, 0.3) is 10.4 Å². The van der Waals surface area contributed by atoms with Crippen LogP contribution in [0.5, 0.6) is 0 Å². The minimum atomic E-state index is -0.791. The molecule has 0 amide bonds. The summed E-state index contributed by atoms with van der Waals surface area (Å²) in [5.41, 5.74) is 11.0. The first-order valence-electron chi connectivity index (χ1n) is 15.8. The lowest BCUT2D eigenvalue weighted by atomic mass is 9.87. The second-order valence-electron chi connectivity index (χ2n) is 10.9. The van der Waals surface area contributed by atoms with Gasteiger partial charge in [0.1, 0.15) is 30.5 Å². The normalized spacial score (nSPS) is 22.9. The summed E-state index contributed by atoms with van der Waals surface area (Å²) >= 11 is 0. The van der Waals surface area contributed by atoms with Gasteiger partial charge in [-0.2, -0.15) is 0 Å². The zero-order valence-electron chi connectivity index (χ0n) is 26.6. The highest BCUT2D eigenvalue weighted by molar-refractivity contribution is 5.66. The summed E-state index contributed by atoms with van der Waals surface area (Å²) in [4.78, 5) is 15.4. The Labute approximate surface area is 252 Å². The first-order valence-corrected chi connectivity index (χ1v) is 15.8. The molecule has 0 spiro atoms. The summed E-state index contributed by atoms with van der Waals surface area (Å²) in [7, 11) is 0. The number of carbonyl (C=O) groups is 1. The molecule has 1 aliphatic rings. The van der Waals surface area contributed by atoms with Gasteiger partial charge >= 0.3 is 5.97 Å². The summed E-state index contributed by atoms with van der Waals surface area (Å²) in [5, 5.41) is 3.73. The number of aryl methyl sites for hydroxylation is 1. The number of carbonyl (C=O) groups excluding carboxylic acids is 1. The van der Waals surface area contributed by atoms with E-state index in [4.69, 9.17) is 34.0 Å². The predicted molar refractivity (Wildman–Crippen MR) is 163 cm³/mol. The average Bonchev–Trinajstić information content (AvgIpc) is 2.96. The molecule has 2 rings (SSSR count). The van der Waals surface area contributed by atoms with E-state index in [-0.39, 0.29) is 0 Å². The highest BCUT2D eigenvalue weighted by atomic mass is 16.6. The SMILES string of the molecule is CCCCOCC1O[C@H]([C@H](OC(C)=O)c2ccc(N=[N+]=[N-])cc2C)C(OCCCC)[C@@H](OCCCC)[C@@H]1OCCCC. The van der Waals surface area contributed by atoms with Gasteiger partial charge in [0.2, 0.25) is 0 Å². The van der Waals surface area contributed by atoms with Crippen molar-refractivity contribution >= 4 is 11.7 Å². The van der Waals surface area contributed by atoms with E-state index in [0.29, 0.717) is 38.7 Å². The number of hydrogen-bond acceptors (Lipinski definition) is 8. The fourth-order valence-electron chi connectivity index (χ4n) is 5.02. The molecule has 1 saturated heterocycles. The summed E-state index contributed by atoms with van der Waals surface area (Å²) < 4.78 is 38.6. The Morgan fingerprint density at radius 3 is 2.02 bits per heavy atom. The number of rotatable bonds is 21. The number of ether oxygens (including phenoxy) is 6. The van der Waals surface area contributed by atoms with Gasteiger partial charge in [-0.15, -0.1) is 0 Å². The molecule has 0 bridgehead atoms. The summed E-state index contributed by atoms with van der Waals surface area (Å²) in [5.74, 6) is -0.435. The summed E-state index contributed by atoms with van der Waals surface area (Å²) in [6.45, 7) is 14.4. The lowest BCUT2D eigenvalue weighted by molar-refractivity contribution is -0.283. The van der Waals surface area contributed by atoms with Crippen LogP contribution in [0.1, 0.15) is 103 Å². The van der Waals surface area contributed by atoms with Crippen LogP contribution in [-0.4, -0.2) is 69.5 Å². The molecule has 0 aliphatic carbocycles. The van der Waals surface area contributed by atoms with Gasteiger partial charge in [-0.05, 0) is 55.3 Å². The number of hydrogen-bond donors (Lipinski definition) is 0. The Balaban J connectivity index is 2.60. The topological polar surface area (TPSA) is 121 Å². The maximum atomic E-state index is 12.5. The fraction of sp³-hybridized carbons (Fsp3) is 0.781. The van der Waals surface area contributed by atoms with E-state index in [1.807, 2.05) is 13.0 Å². The maximum absolute atomic E-state index is 12.5. The van der Waals surface area contributed by atoms with Crippen molar-refractivity contribution in [2.24, 2.45) is 5.11 Å². The third-order valence-corrected chi connectivity index (χ3v) is 7.33. The van der Waals surface area contributed by atoms with Crippen LogP contribution in [0.2, 0.25) is 0 Å². The average molecular weight is 592 g/mol. The molecule has 0 N–H and O–H groups in total. The van der Waals surface area contributed by atoms with Gasteiger partial charge in [-0.1, -0.05) is 70.6 Å². The van der Waals surface area contributed by atoms with E-state index in [1.165, 1.54) is 6.92 Å². The number of benzene rings is 1. The lowest BCUT2D eigenvalue weighted by Gasteiger charge is -2.48. The van der Waals surface area contributed by atoms with Crippen molar-refractivity contribution in [3.05, 3.63) is 39.8 Å². The Morgan fingerprint density at radius 2 is 1.48 bits per heavy atom. The molecule has 6 atom stereocenters. The third kappa shape index (κ3) is 11.5. The molecule has 1 aliphatic heterocycles. The van der Waals surface area contributed by atoms with Crippen LogP contribution < -0.4 is 0 Å². The molecule has 238 valence electrons. The highest BCUT2D eigenvalue weighted by Crippen LogP contribution is 2.39. The number of unbranched alkanes of at least 4 members (excludes halogenated alkanes) is 4. The van der Waals surface area contributed by atoms with Crippen molar-refractivity contribution in [2.75, 3.05) is 33.0 Å². The first-order chi connectivity index (χ1) is 20.4. The quantitative estimate of drug-likeness (QED) is 0.0472. The predicted octanol–water partition coefficient (Wildman–Crippen LogP) is 7.68. The largest absolute Gasteiger partial charge is 0.455 e. The molecule has 1 aromatic carbocycles. The van der Waals surface area contributed by atoms with Gasteiger partial charge in [0.25, 0.3) is 0 Å². The second-order valence-corrected chi connectivity index (χ2v) is 10.9. The molecule has 0 aromatic heterocycles. The van der Waals surface area contributed by atoms with Crippen LogP contribution in [-0.2, 0) is 33.2 Å². The van der Waals surface area contributed by atoms with Crippen molar-refractivity contribution in [3.63, 3.8) is 0 Å². The molecule has 1 fully saturated rings. The Kier molecular flexibility index (Phi) is 17.7. The molecule has 10 heteroatoms. The van der Waals surface area contributed by atoms with Crippen LogP contribution in [0.15, 0.2) is 23.3 Å². The van der Waals surface area contributed by atoms with Crippen molar-refractivity contribution in [3.8, 4) is 0 Å². The first kappa shape index (κ1) is 36.0. The van der Waals surface area contributed by atoms with Gasteiger partial charge < -0.3 is 28.4 Å². The molecular weight excluding hydrogens is 538 g/mol. The van der Waals surface area contributed by atoms with Gasteiger partial charge in [0.05, 0.1) is 6.61 Å². The van der Waals surface area contributed by atoms with Crippen molar-refractivity contribution in [2.45, 2.75) is 130 Å². The minimum Gasteiger partial charge on any atom is -0.455 e. The van der Waals surface area contributed by atoms with Crippen LogP contribution in [0.3, 0.4) is 0 Å². The Morgan fingerprint density at radius 1 is 0.905 bits per heavy atom. The molecule has 42 heavy (non-hydrogen) atoms. The van der Waals surface area contributed by atoms with E-state index < -0.39 is 42.6 Å². The zero-order chi connectivity index (χ0) is 30.7. The smallest absolute Gasteiger partial charge is 0.303 e. The molecule has 10 nitrogen and oxygen atoms in total. The molecule has 1 aromatic rings. The highest BCUT2D eigenvalue weighted by Gasteiger charge is 2.52. The monoisotopic (exact) mass is 591 g/mol. The maximum Gasteiger partial charge on any atom is 0.303 e. The Bertz CT molecular complexity index is 956. The summed E-state index contributed by atoms with van der Waals surface area (Å²) in [6.07, 6.45) is 4.26. The molecule has 0 radical (unpaired) electrons. The van der Waals surface area contributed by atoms with Crippen LogP contribution in [0, 0.1) is 6.92 Å². The Hall–Kier alpha value is -2.20. The van der Waals surface area contributed by atoms with E-state index in [9.17, 15) is 4.79 Å². The molecule has 2 unspecified atom stereocenters. The molecular formula is C32H53N3O7. The molecule has 1 heterocycles. The van der Waals surface area contributed by atoms with E-state index in [2.05, 4.69) is 37.7 Å². The lowest BCUT2D eigenvalue weighted by Crippen LogP contribution is -2.63. The number of azide groups is 1.